The number of rotatable bonds is 4. The smallest absolute Gasteiger partial charge is 0.211 e. The summed E-state index contributed by atoms with van der Waals surface area (Å²) in [7, 11) is 0. The summed E-state index contributed by atoms with van der Waals surface area (Å²) in [5.74, 6) is 0.292. The van der Waals surface area contributed by atoms with Crippen molar-refractivity contribution in [3.05, 3.63) is 0 Å². The molecule has 0 unspecified atom stereocenters. The number of nitrogens with zero attached hydrogens (tertiary/aromatic N) is 2. The summed E-state index contributed by atoms with van der Waals surface area (Å²) < 4.78 is 0. The fourth-order valence-electron chi connectivity index (χ4n) is 0.870. The number of carbonyl (C=O) groups is 1. The molecule has 1 heterocycles. The molecule has 0 fully saturated rings. The van der Waals surface area contributed by atoms with Gasteiger partial charge in [-0.2, -0.15) is 0 Å². The first kappa shape index (κ1) is 11.1. The predicted molar refractivity (Wildman–Crippen MR) is 59.7 cm³/mol. The Labute approximate surface area is 90.3 Å². The van der Waals surface area contributed by atoms with Gasteiger partial charge in [-0.25, -0.2) is 9.97 Å². The van der Waals surface area contributed by atoms with Gasteiger partial charge in [0.15, 0.2) is 11.0 Å². The van der Waals surface area contributed by atoms with E-state index in [0.717, 1.165) is 0 Å². The molecule has 14 heavy (non-hydrogen) atoms. The fourth-order valence-corrected chi connectivity index (χ4v) is 1.85. The maximum Gasteiger partial charge on any atom is 0.211 e. The summed E-state index contributed by atoms with van der Waals surface area (Å²) in [6.45, 7) is 0. The van der Waals surface area contributed by atoms with Gasteiger partial charge in [0.25, 0.3) is 0 Å². The summed E-state index contributed by atoms with van der Waals surface area (Å²) in [5.41, 5.74) is 6.14. The van der Waals surface area contributed by atoms with Crippen LogP contribution in [-0.4, -0.2) is 28.9 Å². The number of anilines is 2. The zero-order chi connectivity index (χ0) is 10.6. The van der Waals surface area contributed by atoms with Crippen LogP contribution in [0.5, 0.6) is 0 Å². The van der Waals surface area contributed by atoms with Crippen LogP contribution >= 0.6 is 23.5 Å². The summed E-state index contributed by atoms with van der Waals surface area (Å²) in [5, 5.41) is 3.76. The number of nitrogen functional groups attached to an aromatic ring is 1. The molecule has 0 atom stereocenters. The minimum Gasteiger partial charge on any atom is -0.382 e. The van der Waals surface area contributed by atoms with E-state index in [1.165, 1.54) is 23.5 Å². The predicted octanol–water partition coefficient (Wildman–Crippen LogP) is 1.07. The first-order valence-electron chi connectivity index (χ1n) is 3.68. The molecule has 5 nitrogen and oxygen atoms in total. The van der Waals surface area contributed by atoms with E-state index in [1.54, 1.807) is 0 Å². The molecule has 76 valence electrons. The van der Waals surface area contributed by atoms with Gasteiger partial charge in [0.05, 0.1) is 0 Å². The van der Waals surface area contributed by atoms with Crippen molar-refractivity contribution in [3.63, 3.8) is 0 Å². The molecule has 1 aromatic rings. The highest BCUT2D eigenvalue weighted by Gasteiger charge is 2.10. The van der Waals surface area contributed by atoms with Gasteiger partial charge in [0.2, 0.25) is 6.41 Å². The zero-order valence-corrected chi connectivity index (χ0v) is 9.41. The first-order valence-corrected chi connectivity index (χ1v) is 6.13. The Hall–Kier alpha value is -0.950. The van der Waals surface area contributed by atoms with Crippen LogP contribution in [-0.2, 0) is 4.79 Å². The second-order valence-corrected chi connectivity index (χ2v) is 3.81. The van der Waals surface area contributed by atoms with E-state index < -0.39 is 0 Å². The third-order valence-corrected chi connectivity index (χ3v) is 2.69. The fraction of sp³-hybridized carbons (Fsp3) is 0.286. The van der Waals surface area contributed by atoms with Crippen molar-refractivity contribution in [1.82, 2.24) is 9.97 Å². The Morgan fingerprint density at radius 2 is 2.07 bits per heavy atom. The van der Waals surface area contributed by atoms with Gasteiger partial charge in [0, 0.05) is 0 Å². The quantitative estimate of drug-likeness (QED) is 0.348. The number of hydrogen-bond donors (Lipinski definition) is 2. The van der Waals surface area contributed by atoms with Crippen molar-refractivity contribution in [2.45, 2.75) is 10.2 Å². The highest BCUT2D eigenvalue weighted by atomic mass is 32.2. The van der Waals surface area contributed by atoms with Crippen LogP contribution in [0.4, 0.5) is 11.5 Å². The second-order valence-electron chi connectivity index (χ2n) is 2.24. The van der Waals surface area contributed by atoms with Crippen LogP contribution in [0.3, 0.4) is 0 Å². The Bertz CT molecular complexity index is 345. The standard InChI is InChI=1S/C7H10N4OS2/c1-13-6-4(9-3-12)5(8)10-7(11-6)14-2/h3H,1-2H3,(H,9,12)(H2,8,10,11). The lowest BCUT2D eigenvalue weighted by Crippen LogP contribution is -2.05. The Balaban J connectivity index is 3.19. The lowest BCUT2D eigenvalue weighted by atomic mass is 10.5. The van der Waals surface area contributed by atoms with Gasteiger partial charge in [-0.15, -0.1) is 11.8 Å². The Kier molecular flexibility index (Phi) is 4.02. The summed E-state index contributed by atoms with van der Waals surface area (Å²) in [6, 6.07) is 0. The Morgan fingerprint density at radius 1 is 1.36 bits per heavy atom. The lowest BCUT2D eigenvalue weighted by molar-refractivity contribution is -0.105. The van der Waals surface area contributed by atoms with Crippen molar-refractivity contribution in [2.24, 2.45) is 0 Å². The number of hydrogen-bond acceptors (Lipinski definition) is 6. The molecular weight excluding hydrogens is 220 g/mol. The monoisotopic (exact) mass is 230 g/mol. The van der Waals surface area contributed by atoms with Crippen molar-refractivity contribution < 1.29 is 4.79 Å². The van der Waals surface area contributed by atoms with Crippen LogP contribution in [0, 0.1) is 0 Å². The molecule has 0 aliphatic carbocycles. The van der Waals surface area contributed by atoms with Gasteiger partial charge < -0.3 is 11.1 Å². The van der Waals surface area contributed by atoms with E-state index in [9.17, 15) is 4.79 Å². The lowest BCUT2D eigenvalue weighted by Gasteiger charge is -2.08. The van der Waals surface area contributed by atoms with Crippen molar-refractivity contribution in [1.29, 1.82) is 0 Å². The molecule has 0 saturated heterocycles. The molecule has 0 saturated carbocycles. The summed E-state index contributed by atoms with van der Waals surface area (Å²) >= 11 is 2.82. The molecule has 0 spiro atoms. The molecule has 1 amide bonds. The average Bonchev–Trinajstić information content (AvgIpc) is 2.20. The van der Waals surface area contributed by atoms with Crippen LogP contribution < -0.4 is 11.1 Å². The number of nitrogens with two attached hydrogens (primary N) is 1. The molecule has 0 aliphatic rings. The number of amides is 1. The molecule has 1 rings (SSSR count). The van der Waals surface area contributed by atoms with Crippen LogP contribution in [0.15, 0.2) is 10.2 Å². The van der Waals surface area contributed by atoms with Gasteiger partial charge in [-0.3, -0.25) is 4.79 Å². The molecule has 0 aromatic carbocycles. The van der Waals surface area contributed by atoms with Gasteiger partial charge in [-0.1, -0.05) is 11.8 Å². The summed E-state index contributed by atoms with van der Waals surface area (Å²) in [4.78, 5) is 18.5. The Morgan fingerprint density at radius 3 is 2.57 bits per heavy atom. The minimum absolute atomic E-state index is 0.292. The van der Waals surface area contributed by atoms with E-state index in [4.69, 9.17) is 5.73 Å². The molecule has 0 aliphatic heterocycles. The van der Waals surface area contributed by atoms with Crippen LogP contribution in [0.2, 0.25) is 0 Å². The highest BCUT2D eigenvalue weighted by Crippen LogP contribution is 2.29. The van der Waals surface area contributed by atoms with Gasteiger partial charge in [0.1, 0.15) is 10.7 Å². The maximum atomic E-state index is 10.3. The van der Waals surface area contributed by atoms with Crippen LogP contribution in [0.25, 0.3) is 0 Å². The van der Waals surface area contributed by atoms with Crippen LogP contribution in [0.1, 0.15) is 0 Å². The molecule has 0 radical (unpaired) electrons. The molecule has 0 bridgehead atoms. The second kappa shape index (κ2) is 5.06. The molecular formula is C7H10N4OS2. The van der Waals surface area contributed by atoms with E-state index in [1.807, 2.05) is 12.5 Å². The minimum atomic E-state index is 0.292. The normalized spacial score (nSPS) is 9.86. The number of aromatic nitrogens is 2. The average molecular weight is 230 g/mol. The van der Waals surface area contributed by atoms with Crippen molar-refractivity contribution in [3.8, 4) is 0 Å². The van der Waals surface area contributed by atoms with Gasteiger partial charge in [-0.05, 0) is 12.5 Å². The molecule has 3 N–H and O–H groups in total. The third kappa shape index (κ3) is 2.30. The van der Waals surface area contributed by atoms with E-state index >= 15 is 0 Å². The number of nitrogens with one attached hydrogen (secondary N) is 1. The zero-order valence-electron chi connectivity index (χ0n) is 7.77. The largest absolute Gasteiger partial charge is 0.382 e. The van der Waals surface area contributed by atoms with Crippen molar-refractivity contribution >= 4 is 41.4 Å². The molecule has 1 aromatic heterocycles. The topological polar surface area (TPSA) is 80.9 Å². The molecule has 7 heteroatoms. The SMILES string of the molecule is CSc1nc(N)c(NC=O)c(SC)n1. The van der Waals surface area contributed by atoms with E-state index in [-0.39, 0.29) is 0 Å². The third-order valence-electron chi connectivity index (χ3n) is 1.46. The maximum absolute atomic E-state index is 10.3. The van der Waals surface area contributed by atoms with Crippen molar-refractivity contribution in [2.75, 3.05) is 23.6 Å². The number of carbonyl (C=O) groups excluding carboxylic acids is 1. The summed E-state index contributed by atoms with van der Waals surface area (Å²) in [6.07, 6.45) is 4.29. The first-order chi connectivity index (χ1) is 6.72. The van der Waals surface area contributed by atoms with E-state index in [0.29, 0.717) is 28.1 Å². The number of thioether (sulfide) groups is 2. The van der Waals surface area contributed by atoms with E-state index in [2.05, 4.69) is 15.3 Å². The highest BCUT2D eigenvalue weighted by molar-refractivity contribution is 7.99. The van der Waals surface area contributed by atoms with Gasteiger partial charge >= 0.3 is 0 Å².